The summed E-state index contributed by atoms with van der Waals surface area (Å²) in [5.74, 6) is 0.664. The van der Waals surface area contributed by atoms with E-state index < -0.39 is 0 Å². The van der Waals surface area contributed by atoms with Crippen molar-refractivity contribution in [1.29, 1.82) is 0 Å². The molecule has 3 N–H and O–H groups in total. The molecule has 0 radical (unpaired) electrons. The Bertz CT molecular complexity index is 832. The summed E-state index contributed by atoms with van der Waals surface area (Å²) >= 11 is 0. The maximum atomic E-state index is 9.62. The smallest absolute Gasteiger partial charge is 0.164 e. The van der Waals surface area contributed by atoms with Gasteiger partial charge in [0.2, 0.25) is 0 Å². The van der Waals surface area contributed by atoms with Crippen LogP contribution in [0.1, 0.15) is 32.0 Å². The average molecular weight is 297 g/mol. The molecule has 0 saturated heterocycles. The van der Waals surface area contributed by atoms with Gasteiger partial charge in [-0.15, -0.1) is 0 Å². The minimum atomic E-state index is -0.212. The zero-order valence-electron chi connectivity index (χ0n) is 12.9. The maximum Gasteiger partial charge on any atom is 0.164 e. The highest BCUT2D eigenvalue weighted by Crippen LogP contribution is 2.28. The highest BCUT2D eigenvalue weighted by Gasteiger charge is 2.23. The van der Waals surface area contributed by atoms with Crippen LogP contribution in [0.2, 0.25) is 0 Å². The molecule has 0 aliphatic heterocycles. The Balaban J connectivity index is 2.17. The lowest BCUT2D eigenvalue weighted by Gasteiger charge is -2.19. The summed E-state index contributed by atoms with van der Waals surface area (Å²) in [6.45, 7) is 6.20. The first-order chi connectivity index (χ1) is 10.4. The predicted molar refractivity (Wildman–Crippen MR) is 85.6 cm³/mol. The minimum Gasteiger partial charge on any atom is -0.508 e. The van der Waals surface area contributed by atoms with E-state index in [1.807, 2.05) is 16.8 Å². The van der Waals surface area contributed by atoms with Crippen LogP contribution in [0.4, 0.5) is 5.82 Å². The molecule has 0 aliphatic rings. The van der Waals surface area contributed by atoms with Gasteiger partial charge in [-0.05, 0) is 38.5 Å². The first-order valence-corrected chi connectivity index (χ1v) is 7.13. The van der Waals surface area contributed by atoms with E-state index in [-0.39, 0.29) is 11.3 Å². The molecule has 0 amide bonds. The van der Waals surface area contributed by atoms with Gasteiger partial charge in [0, 0.05) is 6.42 Å². The number of hydrogen-bond acceptors (Lipinski definition) is 5. The lowest BCUT2D eigenvalue weighted by Crippen LogP contribution is -2.23. The number of nitrogens with two attached hydrogens (primary N) is 1. The van der Waals surface area contributed by atoms with Gasteiger partial charge in [0.05, 0.1) is 16.6 Å². The van der Waals surface area contributed by atoms with Crippen LogP contribution in [0.5, 0.6) is 5.75 Å². The second-order valence-corrected chi connectivity index (χ2v) is 6.33. The Kier molecular flexibility index (Phi) is 3.24. The van der Waals surface area contributed by atoms with Crippen LogP contribution in [0, 0.1) is 0 Å². The standard InChI is InChI=1S/C16H19N5O/c1-16(2,3)21-15-13(14(17)18-9-19-15)12(20-21)8-10-5-4-6-11(22)7-10/h4-7,9,22H,8H2,1-3H3,(H2,17,18,19). The molecule has 2 heterocycles. The number of benzene rings is 1. The second-order valence-electron chi connectivity index (χ2n) is 6.33. The Hall–Kier alpha value is -2.63. The molecule has 114 valence electrons. The Labute approximate surface area is 128 Å². The van der Waals surface area contributed by atoms with Crippen molar-refractivity contribution in [2.75, 3.05) is 5.73 Å². The largest absolute Gasteiger partial charge is 0.508 e. The fourth-order valence-corrected chi connectivity index (χ4v) is 2.50. The van der Waals surface area contributed by atoms with Crippen LogP contribution < -0.4 is 5.73 Å². The number of anilines is 1. The Morgan fingerprint density at radius 2 is 2.00 bits per heavy atom. The molecule has 22 heavy (non-hydrogen) atoms. The van der Waals surface area contributed by atoms with Crippen LogP contribution >= 0.6 is 0 Å². The van der Waals surface area contributed by atoms with Crippen LogP contribution in [0.15, 0.2) is 30.6 Å². The van der Waals surface area contributed by atoms with Crippen molar-refractivity contribution in [1.82, 2.24) is 19.7 Å². The first-order valence-electron chi connectivity index (χ1n) is 7.13. The Morgan fingerprint density at radius 1 is 1.23 bits per heavy atom. The molecule has 3 aromatic rings. The maximum absolute atomic E-state index is 9.62. The van der Waals surface area contributed by atoms with E-state index in [2.05, 4.69) is 30.7 Å². The third kappa shape index (κ3) is 2.47. The van der Waals surface area contributed by atoms with Crippen LogP contribution in [0.25, 0.3) is 11.0 Å². The predicted octanol–water partition coefficient (Wildman–Crippen LogP) is 2.46. The monoisotopic (exact) mass is 297 g/mol. The number of fused-ring (bicyclic) bond motifs is 1. The number of aromatic hydroxyl groups is 1. The highest BCUT2D eigenvalue weighted by atomic mass is 16.3. The summed E-state index contributed by atoms with van der Waals surface area (Å²) in [5.41, 5.74) is 8.34. The van der Waals surface area contributed by atoms with Gasteiger partial charge in [-0.25, -0.2) is 14.6 Å². The molecule has 0 spiro atoms. The summed E-state index contributed by atoms with van der Waals surface area (Å²) in [5, 5.41) is 15.1. The average Bonchev–Trinajstić information content (AvgIpc) is 2.79. The number of phenolic OH excluding ortho intramolecular Hbond substituents is 1. The van der Waals surface area contributed by atoms with Gasteiger partial charge in [-0.3, -0.25) is 0 Å². The normalized spacial score (nSPS) is 12.0. The lowest BCUT2D eigenvalue weighted by atomic mass is 10.1. The quantitative estimate of drug-likeness (QED) is 0.758. The van der Waals surface area contributed by atoms with E-state index in [4.69, 9.17) is 10.8 Å². The minimum absolute atomic E-state index is 0.212. The molecule has 3 rings (SSSR count). The van der Waals surface area contributed by atoms with Crippen molar-refractivity contribution in [3.8, 4) is 5.75 Å². The fourth-order valence-electron chi connectivity index (χ4n) is 2.50. The number of rotatable bonds is 2. The first kappa shape index (κ1) is 14.3. The molecule has 2 aromatic heterocycles. The molecular weight excluding hydrogens is 278 g/mol. The topological polar surface area (TPSA) is 89.8 Å². The van der Waals surface area contributed by atoms with E-state index in [1.54, 1.807) is 12.1 Å². The van der Waals surface area contributed by atoms with Crippen molar-refractivity contribution < 1.29 is 5.11 Å². The molecule has 0 fully saturated rings. The second kappa shape index (κ2) is 4.98. The van der Waals surface area contributed by atoms with E-state index in [0.717, 1.165) is 22.3 Å². The highest BCUT2D eigenvalue weighted by molar-refractivity contribution is 5.88. The van der Waals surface area contributed by atoms with Gasteiger partial charge in [0.25, 0.3) is 0 Å². The molecule has 0 atom stereocenters. The molecule has 1 aromatic carbocycles. The number of nitrogen functional groups attached to an aromatic ring is 1. The van der Waals surface area contributed by atoms with E-state index >= 15 is 0 Å². The van der Waals surface area contributed by atoms with Crippen LogP contribution in [-0.4, -0.2) is 24.9 Å². The zero-order valence-corrected chi connectivity index (χ0v) is 12.9. The van der Waals surface area contributed by atoms with E-state index in [9.17, 15) is 5.11 Å². The Morgan fingerprint density at radius 3 is 2.68 bits per heavy atom. The van der Waals surface area contributed by atoms with E-state index in [0.29, 0.717) is 12.2 Å². The number of phenols is 1. The zero-order chi connectivity index (χ0) is 15.9. The van der Waals surface area contributed by atoms with Crippen molar-refractivity contribution in [2.45, 2.75) is 32.7 Å². The van der Waals surface area contributed by atoms with Gasteiger partial charge in [-0.1, -0.05) is 12.1 Å². The number of aromatic nitrogens is 4. The molecule has 0 saturated carbocycles. The van der Waals surface area contributed by atoms with Crippen LogP contribution in [-0.2, 0) is 12.0 Å². The van der Waals surface area contributed by atoms with Gasteiger partial charge in [0.1, 0.15) is 17.9 Å². The fraction of sp³-hybridized carbons (Fsp3) is 0.312. The van der Waals surface area contributed by atoms with Crippen molar-refractivity contribution in [3.05, 3.63) is 41.9 Å². The van der Waals surface area contributed by atoms with Gasteiger partial charge < -0.3 is 10.8 Å². The van der Waals surface area contributed by atoms with Gasteiger partial charge in [-0.2, -0.15) is 5.10 Å². The summed E-state index contributed by atoms with van der Waals surface area (Å²) < 4.78 is 1.87. The van der Waals surface area contributed by atoms with Crippen molar-refractivity contribution in [2.24, 2.45) is 0 Å². The third-order valence-corrected chi connectivity index (χ3v) is 3.48. The molecular formula is C16H19N5O. The number of nitrogens with zero attached hydrogens (tertiary/aromatic N) is 4. The third-order valence-electron chi connectivity index (χ3n) is 3.48. The molecule has 0 unspecified atom stereocenters. The lowest BCUT2D eigenvalue weighted by molar-refractivity contribution is 0.363. The molecule has 6 heteroatoms. The SMILES string of the molecule is CC(C)(C)n1nc(Cc2cccc(O)c2)c2c(N)ncnc21. The molecule has 0 aliphatic carbocycles. The molecule has 6 nitrogen and oxygen atoms in total. The van der Waals surface area contributed by atoms with Crippen molar-refractivity contribution in [3.63, 3.8) is 0 Å². The summed E-state index contributed by atoms with van der Waals surface area (Å²) in [6.07, 6.45) is 2.02. The van der Waals surface area contributed by atoms with Gasteiger partial charge in [0.15, 0.2) is 5.65 Å². The summed E-state index contributed by atoms with van der Waals surface area (Å²) in [4.78, 5) is 8.43. The number of hydrogen-bond donors (Lipinski definition) is 2. The van der Waals surface area contributed by atoms with E-state index in [1.165, 1.54) is 6.33 Å². The van der Waals surface area contributed by atoms with Gasteiger partial charge >= 0.3 is 0 Å². The summed E-state index contributed by atoms with van der Waals surface area (Å²) in [6, 6.07) is 7.13. The van der Waals surface area contributed by atoms with Crippen LogP contribution in [0.3, 0.4) is 0 Å². The molecule has 0 bridgehead atoms. The van der Waals surface area contributed by atoms with Crippen molar-refractivity contribution >= 4 is 16.9 Å². The summed E-state index contributed by atoms with van der Waals surface area (Å²) in [7, 11) is 0.